The van der Waals surface area contributed by atoms with Crippen molar-refractivity contribution in [3.63, 3.8) is 0 Å². The van der Waals surface area contributed by atoms with Crippen LogP contribution in [0.15, 0.2) is 78.0 Å². The summed E-state index contributed by atoms with van der Waals surface area (Å²) in [6.07, 6.45) is 3.30. The first-order chi connectivity index (χ1) is 13.4. The Hall–Kier alpha value is -3.39. The number of carbonyl (C=O) groups excluding carboxylic acids is 1. The highest BCUT2D eigenvalue weighted by Gasteiger charge is 2.15. The monoisotopic (exact) mass is 396 g/mol. The summed E-state index contributed by atoms with van der Waals surface area (Å²) in [7, 11) is -3.71. The van der Waals surface area contributed by atoms with Gasteiger partial charge in [0.05, 0.1) is 10.6 Å². The highest BCUT2D eigenvalue weighted by atomic mass is 32.2. The van der Waals surface area contributed by atoms with Gasteiger partial charge in [0, 0.05) is 24.6 Å². The van der Waals surface area contributed by atoms with Gasteiger partial charge in [-0.05, 0) is 60.5 Å². The maximum absolute atomic E-state index is 12.5. The lowest BCUT2D eigenvalue weighted by molar-refractivity contribution is 0.251. The second-order valence-electron chi connectivity index (χ2n) is 6.11. The summed E-state index contributed by atoms with van der Waals surface area (Å²) in [6.45, 7) is 2.19. The molecule has 0 saturated carbocycles. The molecule has 0 spiro atoms. The highest BCUT2D eigenvalue weighted by molar-refractivity contribution is 7.92. The molecule has 8 heteroatoms. The number of sulfonamides is 1. The molecule has 2 aromatic carbocycles. The third-order valence-electron chi connectivity index (χ3n) is 4.01. The van der Waals surface area contributed by atoms with Crippen molar-refractivity contribution in [3.8, 4) is 0 Å². The van der Waals surface area contributed by atoms with E-state index < -0.39 is 10.0 Å². The Bertz CT molecular complexity index is 1050. The van der Waals surface area contributed by atoms with E-state index >= 15 is 0 Å². The molecule has 3 aromatic rings. The van der Waals surface area contributed by atoms with Crippen LogP contribution in [0.5, 0.6) is 0 Å². The Kier molecular flexibility index (Phi) is 5.90. The van der Waals surface area contributed by atoms with Gasteiger partial charge in [-0.1, -0.05) is 18.2 Å². The SMILES string of the molecule is Cc1ccccc1NS(=O)(=O)c1ccc(NC(=O)NCc2ccncc2)cc1. The molecule has 0 bridgehead atoms. The Labute approximate surface area is 163 Å². The minimum Gasteiger partial charge on any atom is -0.334 e. The molecule has 1 aromatic heterocycles. The standard InChI is InChI=1S/C20H20N4O3S/c1-15-4-2-3-5-19(15)24-28(26,27)18-8-6-17(7-9-18)23-20(25)22-14-16-10-12-21-13-11-16/h2-13,24H,14H2,1H3,(H2,22,23,25). The predicted molar refractivity (Wildman–Crippen MR) is 109 cm³/mol. The second kappa shape index (κ2) is 8.53. The first-order valence-electron chi connectivity index (χ1n) is 8.56. The van der Waals surface area contributed by atoms with Gasteiger partial charge in [0.15, 0.2) is 0 Å². The van der Waals surface area contributed by atoms with Gasteiger partial charge in [-0.3, -0.25) is 9.71 Å². The molecule has 7 nitrogen and oxygen atoms in total. The van der Waals surface area contributed by atoms with Crippen molar-refractivity contribution in [3.05, 3.63) is 84.2 Å². The molecular weight excluding hydrogens is 376 g/mol. The molecule has 1 heterocycles. The molecule has 3 N–H and O–H groups in total. The number of amides is 2. The third kappa shape index (κ3) is 5.08. The number of hydrogen-bond donors (Lipinski definition) is 3. The van der Waals surface area contributed by atoms with Crippen LogP contribution in [-0.2, 0) is 16.6 Å². The molecule has 0 aliphatic heterocycles. The fourth-order valence-electron chi connectivity index (χ4n) is 2.47. The van der Waals surface area contributed by atoms with Crippen LogP contribution in [0.1, 0.15) is 11.1 Å². The van der Waals surface area contributed by atoms with E-state index in [2.05, 4.69) is 20.3 Å². The van der Waals surface area contributed by atoms with Crippen molar-refractivity contribution >= 4 is 27.4 Å². The van der Waals surface area contributed by atoms with Crippen molar-refractivity contribution in [2.45, 2.75) is 18.4 Å². The number of anilines is 2. The molecule has 0 radical (unpaired) electrons. The molecule has 0 atom stereocenters. The molecule has 3 rings (SSSR count). The van der Waals surface area contributed by atoms with Crippen LogP contribution in [0.2, 0.25) is 0 Å². The minimum atomic E-state index is -3.71. The molecule has 0 unspecified atom stereocenters. The van der Waals surface area contributed by atoms with Crippen LogP contribution in [0, 0.1) is 6.92 Å². The van der Waals surface area contributed by atoms with E-state index in [1.165, 1.54) is 12.1 Å². The number of benzene rings is 2. The van der Waals surface area contributed by atoms with E-state index in [0.29, 0.717) is 17.9 Å². The lowest BCUT2D eigenvalue weighted by Gasteiger charge is -2.11. The smallest absolute Gasteiger partial charge is 0.319 e. The Balaban J connectivity index is 1.61. The average molecular weight is 396 g/mol. The van der Waals surface area contributed by atoms with Gasteiger partial charge in [-0.2, -0.15) is 0 Å². The largest absolute Gasteiger partial charge is 0.334 e. The number of rotatable bonds is 6. The molecular formula is C20H20N4O3S. The molecule has 0 fully saturated rings. The lowest BCUT2D eigenvalue weighted by Crippen LogP contribution is -2.28. The van der Waals surface area contributed by atoms with Crippen LogP contribution < -0.4 is 15.4 Å². The number of nitrogens with zero attached hydrogens (tertiary/aromatic N) is 1. The number of para-hydroxylation sites is 1. The van der Waals surface area contributed by atoms with Crippen LogP contribution in [0.25, 0.3) is 0 Å². The molecule has 0 aliphatic carbocycles. The summed E-state index contributed by atoms with van der Waals surface area (Å²) in [5, 5.41) is 5.39. The van der Waals surface area contributed by atoms with Gasteiger partial charge >= 0.3 is 6.03 Å². The number of urea groups is 1. The van der Waals surface area contributed by atoms with Gasteiger partial charge in [-0.15, -0.1) is 0 Å². The fourth-order valence-corrected chi connectivity index (χ4v) is 3.60. The number of aryl methyl sites for hydroxylation is 1. The molecule has 144 valence electrons. The lowest BCUT2D eigenvalue weighted by atomic mass is 10.2. The first-order valence-corrected chi connectivity index (χ1v) is 10.0. The summed E-state index contributed by atoms with van der Waals surface area (Å²) in [6, 6.07) is 16.3. The van der Waals surface area contributed by atoms with E-state index in [9.17, 15) is 13.2 Å². The minimum absolute atomic E-state index is 0.110. The van der Waals surface area contributed by atoms with Crippen LogP contribution in [0.4, 0.5) is 16.2 Å². The second-order valence-corrected chi connectivity index (χ2v) is 7.79. The molecule has 28 heavy (non-hydrogen) atoms. The predicted octanol–water partition coefficient (Wildman–Crippen LogP) is 3.51. The van der Waals surface area contributed by atoms with E-state index in [4.69, 9.17) is 0 Å². The zero-order valence-corrected chi connectivity index (χ0v) is 16.0. The van der Waals surface area contributed by atoms with Crippen molar-refractivity contribution in [2.75, 3.05) is 10.0 Å². The van der Waals surface area contributed by atoms with Crippen molar-refractivity contribution in [1.82, 2.24) is 10.3 Å². The topological polar surface area (TPSA) is 100 Å². The Morgan fingerprint density at radius 1 is 0.964 bits per heavy atom. The number of nitrogens with one attached hydrogen (secondary N) is 3. The van der Waals surface area contributed by atoms with E-state index in [-0.39, 0.29) is 10.9 Å². The Morgan fingerprint density at radius 3 is 2.32 bits per heavy atom. The average Bonchev–Trinajstić information content (AvgIpc) is 2.69. The van der Waals surface area contributed by atoms with Crippen molar-refractivity contribution in [1.29, 1.82) is 0 Å². The highest BCUT2D eigenvalue weighted by Crippen LogP contribution is 2.20. The summed E-state index contributed by atoms with van der Waals surface area (Å²) in [5.74, 6) is 0. The molecule has 0 saturated heterocycles. The van der Waals surface area contributed by atoms with Gasteiger partial charge in [-0.25, -0.2) is 13.2 Å². The van der Waals surface area contributed by atoms with Gasteiger partial charge in [0.25, 0.3) is 10.0 Å². The summed E-state index contributed by atoms with van der Waals surface area (Å²) in [5.41, 5.74) is 2.77. The third-order valence-corrected chi connectivity index (χ3v) is 5.40. The van der Waals surface area contributed by atoms with E-state index in [1.807, 2.05) is 19.1 Å². The normalized spacial score (nSPS) is 10.9. The van der Waals surface area contributed by atoms with Crippen molar-refractivity contribution < 1.29 is 13.2 Å². The number of carbonyl (C=O) groups is 1. The summed E-state index contributed by atoms with van der Waals surface area (Å²) < 4.78 is 27.6. The number of hydrogen-bond acceptors (Lipinski definition) is 4. The van der Waals surface area contributed by atoms with Crippen LogP contribution >= 0.6 is 0 Å². The summed E-state index contributed by atoms with van der Waals surface area (Å²) >= 11 is 0. The van der Waals surface area contributed by atoms with Crippen LogP contribution in [-0.4, -0.2) is 19.4 Å². The summed E-state index contributed by atoms with van der Waals surface area (Å²) in [4.78, 5) is 16.0. The van der Waals surface area contributed by atoms with Crippen LogP contribution in [0.3, 0.4) is 0 Å². The molecule has 0 aliphatic rings. The zero-order chi connectivity index (χ0) is 20.0. The van der Waals surface area contributed by atoms with Gasteiger partial charge in [0.1, 0.15) is 0 Å². The first kappa shape index (κ1) is 19.4. The van der Waals surface area contributed by atoms with E-state index in [1.54, 1.807) is 48.8 Å². The van der Waals surface area contributed by atoms with Crippen molar-refractivity contribution in [2.24, 2.45) is 0 Å². The zero-order valence-electron chi connectivity index (χ0n) is 15.2. The van der Waals surface area contributed by atoms with E-state index in [0.717, 1.165) is 11.1 Å². The quantitative estimate of drug-likeness (QED) is 0.593. The fraction of sp³-hybridized carbons (Fsp3) is 0.100. The number of aromatic nitrogens is 1. The number of pyridine rings is 1. The Morgan fingerprint density at radius 2 is 1.64 bits per heavy atom. The maximum atomic E-state index is 12.5. The molecule has 2 amide bonds. The van der Waals surface area contributed by atoms with Gasteiger partial charge < -0.3 is 10.6 Å². The van der Waals surface area contributed by atoms with Gasteiger partial charge in [0.2, 0.25) is 0 Å². The maximum Gasteiger partial charge on any atom is 0.319 e.